The van der Waals surface area contributed by atoms with Gasteiger partial charge in [0.2, 0.25) is 0 Å². The molecule has 2 aromatic carbocycles. The Balaban J connectivity index is 0.00000380. The largest absolute Gasteiger partial charge is 1.00 e. The summed E-state index contributed by atoms with van der Waals surface area (Å²) in [4.78, 5) is 15.2. The van der Waals surface area contributed by atoms with Gasteiger partial charge in [0.15, 0.2) is 0 Å². The average Bonchev–Trinajstić information content (AvgIpc) is 3.13. The van der Waals surface area contributed by atoms with Gasteiger partial charge >= 0.3 is 29.6 Å². The van der Waals surface area contributed by atoms with E-state index in [1.54, 1.807) is 24.3 Å². The van der Waals surface area contributed by atoms with Gasteiger partial charge in [-0.15, -0.1) is 0 Å². The first kappa shape index (κ1) is 18.3. The summed E-state index contributed by atoms with van der Waals surface area (Å²) in [7, 11) is 0. The number of hydrogen-bond donors (Lipinski definition) is 2. The summed E-state index contributed by atoms with van der Waals surface area (Å²) in [5, 5.41) is 31.5. The molecule has 4 rings (SSSR count). The summed E-state index contributed by atoms with van der Waals surface area (Å²) < 4.78 is 55.2. The predicted octanol–water partition coefficient (Wildman–Crippen LogP) is 0.187. The normalized spacial score (nSPS) is 21.9. The molecule has 1 fully saturated rings. The Morgan fingerprint density at radius 1 is 1.25 bits per heavy atom. The Morgan fingerprint density at radius 3 is 2.59 bits per heavy atom. The minimum absolute atomic E-state index is 0. The van der Waals surface area contributed by atoms with Crippen molar-refractivity contribution in [3.05, 3.63) is 71.7 Å². The van der Waals surface area contributed by atoms with Crippen LogP contribution in [0, 0.1) is 5.82 Å². The van der Waals surface area contributed by atoms with Crippen LogP contribution in [0.5, 0.6) is 0 Å². The van der Waals surface area contributed by atoms with E-state index in [9.17, 15) is 24.5 Å². The monoisotopic (exact) mass is 448 g/mol. The smallest absolute Gasteiger partial charge is 0.550 e. The van der Waals surface area contributed by atoms with Crippen LogP contribution in [0.4, 0.5) is 4.39 Å². The third-order valence-electron chi connectivity index (χ3n) is 4.95. The number of carboxylic acids is 1. The fourth-order valence-electron chi connectivity index (χ4n) is 3.50. The zero-order chi connectivity index (χ0) is 26.5. The van der Waals surface area contributed by atoms with E-state index in [1.807, 2.05) is 0 Å². The predicted molar refractivity (Wildman–Crippen MR) is 114 cm³/mol. The quantitative estimate of drug-likeness (QED) is 0.480. The molecule has 1 saturated carbocycles. The zero-order valence-corrected chi connectivity index (χ0v) is 19.4. The number of aliphatic carboxylic acids is 1. The molecule has 0 unspecified atom stereocenters. The number of nitrogens with zero attached hydrogens (tertiary/aromatic N) is 1. The molecule has 3 aromatic rings. The number of carbonyl (C=O) groups excluding carboxylic acids is 1. The SMILES string of the molecule is [2H]C1([2H])C([2H])([2H])C1([2H])c1nc2ccccc2c(-c2ccc(F)cc2)c1/C=C/[C@@H](O)C[C@@H](O)CC(=O)[O-].[Na+]. The van der Waals surface area contributed by atoms with Gasteiger partial charge in [-0.1, -0.05) is 42.5 Å². The molecule has 1 aliphatic carbocycles. The average molecular weight is 448 g/mol. The minimum atomic E-state index is -2.57. The molecular formula is C25H23FNNaO4. The number of carboxylic acid groups (broad SMARTS) is 1. The number of benzene rings is 2. The van der Waals surface area contributed by atoms with Crippen LogP contribution in [-0.2, 0) is 4.79 Å². The second-order valence-corrected chi connectivity index (χ2v) is 7.29. The van der Waals surface area contributed by atoms with E-state index >= 15 is 0 Å². The van der Waals surface area contributed by atoms with Crippen LogP contribution in [0.15, 0.2) is 54.6 Å². The van der Waals surface area contributed by atoms with E-state index in [2.05, 4.69) is 4.98 Å². The Bertz CT molecular complexity index is 1340. The molecule has 0 saturated heterocycles. The number of para-hydroxylation sites is 1. The Kier molecular flexibility index (Phi) is 6.13. The van der Waals surface area contributed by atoms with Crippen molar-refractivity contribution in [1.82, 2.24) is 4.98 Å². The van der Waals surface area contributed by atoms with Crippen LogP contribution in [0.25, 0.3) is 28.1 Å². The van der Waals surface area contributed by atoms with E-state index < -0.39 is 49.1 Å². The molecule has 0 radical (unpaired) electrons. The van der Waals surface area contributed by atoms with Crippen molar-refractivity contribution < 1.29 is 60.9 Å². The number of pyridine rings is 1. The van der Waals surface area contributed by atoms with Crippen LogP contribution in [0.1, 0.15) is 49.6 Å². The van der Waals surface area contributed by atoms with Gasteiger partial charge in [0.25, 0.3) is 0 Å². The van der Waals surface area contributed by atoms with Gasteiger partial charge in [0.05, 0.1) is 23.4 Å². The van der Waals surface area contributed by atoms with Gasteiger partial charge < -0.3 is 20.1 Å². The molecule has 1 heterocycles. The van der Waals surface area contributed by atoms with E-state index in [0.717, 1.165) is 0 Å². The molecular weight excluding hydrogens is 420 g/mol. The van der Waals surface area contributed by atoms with Crippen molar-refractivity contribution >= 4 is 22.9 Å². The number of rotatable bonds is 8. The van der Waals surface area contributed by atoms with E-state index in [4.69, 9.17) is 6.85 Å². The van der Waals surface area contributed by atoms with Gasteiger partial charge in [-0.25, -0.2) is 4.39 Å². The van der Waals surface area contributed by atoms with Crippen molar-refractivity contribution in [2.75, 3.05) is 0 Å². The minimum Gasteiger partial charge on any atom is -0.550 e. The summed E-state index contributed by atoms with van der Waals surface area (Å²) in [5.74, 6) is -4.34. The molecule has 160 valence electrons. The first-order valence-corrected chi connectivity index (χ1v) is 9.74. The topological polar surface area (TPSA) is 93.5 Å². The zero-order valence-electron chi connectivity index (χ0n) is 22.4. The fraction of sp³-hybridized carbons (Fsp3) is 0.280. The number of fused-ring (bicyclic) bond motifs is 1. The molecule has 32 heavy (non-hydrogen) atoms. The maximum Gasteiger partial charge on any atom is 1.00 e. The second-order valence-electron chi connectivity index (χ2n) is 7.29. The van der Waals surface area contributed by atoms with Crippen molar-refractivity contribution in [3.8, 4) is 11.1 Å². The third kappa shape index (κ3) is 5.82. The number of aliphatic hydroxyl groups is 2. The van der Waals surface area contributed by atoms with Gasteiger partial charge in [-0.3, -0.25) is 4.98 Å². The van der Waals surface area contributed by atoms with Crippen LogP contribution >= 0.6 is 0 Å². The molecule has 5 nitrogen and oxygen atoms in total. The Morgan fingerprint density at radius 2 is 1.94 bits per heavy atom. The Hall–Kier alpha value is -2.09. The number of hydrogen-bond acceptors (Lipinski definition) is 5. The molecule has 7 heteroatoms. The third-order valence-corrected chi connectivity index (χ3v) is 4.95. The van der Waals surface area contributed by atoms with E-state index in [0.29, 0.717) is 22.0 Å². The van der Waals surface area contributed by atoms with Crippen LogP contribution < -0.4 is 34.7 Å². The standard InChI is InChI=1S/C25H24FNO4.Na/c26-17-9-7-15(8-10-17)24-20-3-1-2-4-22(20)27-25(16-5-6-16)21(24)12-11-18(28)13-19(29)14-23(30)31;/h1-4,7-12,16,18-19,28-29H,5-6,13-14H2,(H,30,31);/q;+1/p-1/b12-11+;/t18-,19-;/m1./s1/i5D2,6D2,16D;. The Labute approximate surface area is 214 Å². The van der Waals surface area contributed by atoms with E-state index in [1.165, 1.54) is 36.4 Å². The molecule has 0 spiro atoms. The van der Waals surface area contributed by atoms with Crippen molar-refractivity contribution in [2.45, 2.75) is 43.7 Å². The number of aliphatic hydroxyl groups excluding tert-OH is 2. The van der Waals surface area contributed by atoms with Crippen molar-refractivity contribution in [3.63, 3.8) is 0 Å². The van der Waals surface area contributed by atoms with Crippen LogP contribution in [0.2, 0.25) is 0 Å². The summed E-state index contributed by atoms with van der Waals surface area (Å²) in [5.41, 5.74) is 1.24. The van der Waals surface area contributed by atoms with Gasteiger partial charge in [-0.2, -0.15) is 0 Å². The fourth-order valence-corrected chi connectivity index (χ4v) is 3.50. The molecule has 0 amide bonds. The first-order valence-electron chi connectivity index (χ1n) is 12.2. The molecule has 0 aliphatic heterocycles. The van der Waals surface area contributed by atoms with Gasteiger partial charge in [0.1, 0.15) is 5.82 Å². The second kappa shape index (κ2) is 10.7. The summed E-state index contributed by atoms with van der Waals surface area (Å²) in [6, 6.07) is 12.2. The van der Waals surface area contributed by atoms with Gasteiger partial charge in [-0.05, 0) is 36.5 Å². The maximum absolute atomic E-state index is 13.7. The molecule has 2 atom stereocenters. The molecule has 1 aromatic heterocycles. The number of carbonyl (C=O) groups is 1. The molecule has 2 N–H and O–H groups in total. The summed E-state index contributed by atoms with van der Waals surface area (Å²) in [6.45, 7) is 0. The van der Waals surface area contributed by atoms with Crippen LogP contribution in [0.3, 0.4) is 0 Å². The molecule has 0 bridgehead atoms. The number of halogens is 1. The van der Waals surface area contributed by atoms with Crippen LogP contribution in [-0.4, -0.2) is 33.4 Å². The molecule has 1 aliphatic rings. The van der Waals surface area contributed by atoms with Crippen molar-refractivity contribution in [1.29, 1.82) is 0 Å². The van der Waals surface area contributed by atoms with Crippen molar-refractivity contribution in [2.24, 2.45) is 0 Å². The number of aromatic nitrogens is 1. The van der Waals surface area contributed by atoms with E-state index in [-0.39, 0.29) is 47.2 Å². The maximum atomic E-state index is 13.7. The first-order chi connectivity index (χ1) is 16.8. The summed E-state index contributed by atoms with van der Waals surface area (Å²) >= 11 is 0. The summed E-state index contributed by atoms with van der Waals surface area (Å²) in [6.07, 6.45) is -6.26. The van der Waals surface area contributed by atoms with Gasteiger partial charge in [0, 0.05) is 48.1 Å².